The summed E-state index contributed by atoms with van der Waals surface area (Å²) in [6, 6.07) is 2.18. The first-order valence-electron chi connectivity index (χ1n) is 6.42. The highest BCUT2D eigenvalue weighted by Gasteiger charge is 2.18. The molecule has 1 amide bonds. The number of nitrogens with zero attached hydrogens (tertiary/aromatic N) is 2. The minimum atomic E-state index is -0.262. The molecule has 0 spiro atoms. The van der Waals surface area contributed by atoms with Crippen LogP contribution >= 0.6 is 0 Å². The van der Waals surface area contributed by atoms with Gasteiger partial charge in [-0.2, -0.15) is 5.26 Å². The fourth-order valence-corrected chi connectivity index (χ4v) is 1.94. The van der Waals surface area contributed by atoms with Crippen LogP contribution in [-0.4, -0.2) is 44.0 Å². The second-order valence-corrected chi connectivity index (χ2v) is 4.88. The molecule has 18 heavy (non-hydrogen) atoms. The Morgan fingerprint density at radius 1 is 1.44 bits per heavy atom. The quantitative estimate of drug-likeness (QED) is 0.411. The number of nitrogens with one attached hydrogen (secondary N) is 2. The van der Waals surface area contributed by atoms with Crippen molar-refractivity contribution < 1.29 is 4.79 Å². The minimum Gasteiger partial charge on any atom is -0.388 e. The maximum absolute atomic E-state index is 11.8. The third-order valence-corrected chi connectivity index (χ3v) is 3.01. The normalized spacial score (nSPS) is 16.7. The first-order chi connectivity index (χ1) is 8.63. The van der Waals surface area contributed by atoms with E-state index >= 15 is 0 Å². The Kier molecular flexibility index (Phi) is 6.23. The van der Waals surface area contributed by atoms with Crippen LogP contribution in [0, 0.1) is 11.3 Å². The van der Waals surface area contributed by atoms with Gasteiger partial charge in [0.2, 0.25) is 0 Å². The summed E-state index contributed by atoms with van der Waals surface area (Å²) in [7, 11) is 3.95. The average Bonchev–Trinajstić information content (AvgIpc) is 2.81. The van der Waals surface area contributed by atoms with E-state index in [1.807, 2.05) is 25.1 Å². The molecule has 5 heteroatoms. The van der Waals surface area contributed by atoms with E-state index in [-0.39, 0.29) is 17.5 Å². The summed E-state index contributed by atoms with van der Waals surface area (Å²) >= 11 is 0. The Hall–Kier alpha value is -1.54. The number of hydrogen-bond donors (Lipinski definition) is 2. The molecule has 1 saturated carbocycles. The molecule has 5 nitrogen and oxygen atoms in total. The summed E-state index contributed by atoms with van der Waals surface area (Å²) in [4.78, 5) is 13.8. The van der Waals surface area contributed by atoms with Crippen molar-refractivity contribution in [1.29, 1.82) is 5.26 Å². The summed E-state index contributed by atoms with van der Waals surface area (Å²) < 4.78 is 0. The van der Waals surface area contributed by atoms with Crippen LogP contribution in [0.4, 0.5) is 0 Å². The van der Waals surface area contributed by atoms with Crippen LogP contribution in [-0.2, 0) is 4.79 Å². The zero-order valence-corrected chi connectivity index (χ0v) is 11.2. The Labute approximate surface area is 109 Å². The Bertz CT molecular complexity index is 337. The van der Waals surface area contributed by atoms with E-state index in [1.165, 1.54) is 6.20 Å². The molecule has 1 fully saturated rings. The molecule has 2 N–H and O–H groups in total. The number of rotatable bonds is 6. The van der Waals surface area contributed by atoms with Crippen molar-refractivity contribution >= 4 is 5.91 Å². The number of amides is 1. The fraction of sp³-hybridized carbons (Fsp3) is 0.692. The molecule has 0 aromatic heterocycles. The van der Waals surface area contributed by atoms with Gasteiger partial charge in [-0.3, -0.25) is 4.79 Å². The number of carbonyl (C=O) groups excluding carboxylic acids is 1. The monoisotopic (exact) mass is 250 g/mol. The van der Waals surface area contributed by atoms with E-state index in [4.69, 9.17) is 5.26 Å². The predicted molar refractivity (Wildman–Crippen MR) is 70.7 cm³/mol. The Morgan fingerprint density at radius 2 is 2.11 bits per heavy atom. The van der Waals surface area contributed by atoms with Crippen LogP contribution in [0.25, 0.3) is 0 Å². The van der Waals surface area contributed by atoms with Gasteiger partial charge in [-0.1, -0.05) is 12.8 Å². The van der Waals surface area contributed by atoms with Crippen LogP contribution < -0.4 is 10.6 Å². The van der Waals surface area contributed by atoms with Gasteiger partial charge in [-0.05, 0) is 26.9 Å². The minimum absolute atomic E-state index is 0.153. The molecule has 1 rings (SSSR count). The van der Waals surface area contributed by atoms with E-state index in [2.05, 4.69) is 10.6 Å². The van der Waals surface area contributed by atoms with Crippen molar-refractivity contribution in [3.63, 3.8) is 0 Å². The van der Waals surface area contributed by atoms with E-state index < -0.39 is 0 Å². The molecule has 100 valence electrons. The third kappa shape index (κ3) is 5.19. The van der Waals surface area contributed by atoms with Gasteiger partial charge in [0.15, 0.2) is 0 Å². The van der Waals surface area contributed by atoms with Crippen molar-refractivity contribution in [2.45, 2.75) is 31.7 Å². The number of carbonyl (C=O) groups is 1. The maximum atomic E-state index is 11.8. The summed E-state index contributed by atoms with van der Waals surface area (Å²) in [5.74, 6) is -0.262. The molecule has 1 aliphatic carbocycles. The lowest BCUT2D eigenvalue weighted by Crippen LogP contribution is -2.34. The van der Waals surface area contributed by atoms with Gasteiger partial charge in [0.05, 0.1) is 0 Å². The summed E-state index contributed by atoms with van der Waals surface area (Å²) in [5, 5.41) is 14.8. The Balaban J connectivity index is 2.36. The molecule has 0 atom stereocenters. The van der Waals surface area contributed by atoms with E-state index in [0.29, 0.717) is 0 Å². The van der Waals surface area contributed by atoms with Crippen LogP contribution in [0.3, 0.4) is 0 Å². The van der Waals surface area contributed by atoms with Crippen molar-refractivity contribution in [3.05, 3.63) is 11.8 Å². The van der Waals surface area contributed by atoms with Gasteiger partial charge in [0.25, 0.3) is 5.91 Å². The second-order valence-electron chi connectivity index (χ2n) is 4.88. The smallest absolute Gasteiger partial charge is 0.263 e. The lowest BCUT2D eigenvalue weighted by Gasteiger charge is -2.12. The van der Waals surface area contributed by atoms with E-state index in [1.54, 1.807) is 0 Å². The highest BCUT2D eigenvalue weighted by molar-refractivity contribution is 5.97. The predicted octanol–water partition coefficient (Wildman–Crippen LogP) is 0.604. The maximum Gasteiger partial charge on any atom is 0.263 e. The SMILES string of the molecule is CN(C)CCN/C=C(/C#N)C(=O)NC1CCCC1. The highest BCUT2D eigenvalue weighted by atomic mass is 16.1. The molecule has 0 bridgehead atoms. The molecular weight excluding hydrogens is 228 g/mol. The lowest BCUT2D eigenvalue weighted by molar-refractivity contribution is -0.117. The van der Waals surface area contributed by atoms with Gasteiger partial charge in [0, 0.05) is 25.3 Å². The fourth-order valence-electron chi connectivity index (χ4n) is 1.94. The number of likely N-dealkylation sites (N-methyl/N-ethyl adjacent to an activating group) is 1. The molecule has 0 radical (unpaired) electrons. The summed E-state index contributed by atoms with van der Waals surface area (Å²) in [6.07, 6.45) is 5.89. The average molecular weight is 250 g/mol. The van der Waals surface area contributed by atoms with Crippen molar-refractivity contribution in [2.24, 2.45) is 0 Å². The third-order valence-electron chi connectivity index (χ3n) is 3.01. The molecular formula is C13H22N4O. The molecule has 0 aromatic rings. The molecule has 0 aliphatic heterocycles. The van der Waals surface area contributed by atoms with Crippen LogP contribution in [0.2, 0.25) is 0 Å². The highest BCUT2D eigenvalue weighted by Crippen LogP contribution is 2.17. The molecule has 0 heterocycles. The van der Waals surface area contributed by atoms with E-state index in [0.717, 1.165) is 38.8 Å². The zero-order chi connectivity index (χ0) is 13.4. The van der Waals surface area contributed by atoms with Crippen LogP contribution in [0.1, 0.15) is 25.7 Å². The largest absolute Gasteiger partial charge is 0.388 e. The molecule has 1 aliphatic rings. The molecule has 0 aromatic carbocycles. The van der Waals surface area contributed by atoms with Gasteiger partial charge >= 0.3 is 0 Å². The number of nitriles is 1. The standard InChI is InChI=1S/C13H22N4O/c1-17(2)8-7-15-10-11(9-14)13(18)16-12-5-3-4-6-12/h10,12,15H,3-8H2,1-2H3,(H,16,18)/b11-10-. The van der Waals surface area contributed by atoms with Gasteiger partial charge in [0.1, 0.15) is 11.6 Å². The van der Waals surface area contributed by atoms with E-state index in [9.17, 15) is 4.79 Å². The zero-order valence-electron chi connectivity index (χ0n) is 11.2. The lowest BCUT2D eigenvalue weighted by atomic mass is 10.2. The molecule has 0 unspecified atom stereocenters. The van der Waals surface area contributed by atoms with Crippen LogP contribution in [0.15, 0.2) is 11.8 Å². The van der Waals surface area contributed by atoms with Crippen molar-refractivity contribution in [1.82, 2.24) is 15.5 Å². The molecule has 0 saturated heterocycles. The first-order valence-corrected chi connectivity index (χ1v) is 6.42. The second kappa shape index (κ2) is 7.72. The summed E-state index contributed by atoms with van der Waals surface area (Å²) in [6.45, 7) is 1.58. The van der Waals surface area contributed by atoms with Gasteiger partial charge < -0.3 is 15.5 Å². The first kappa shape index (κ1) is 14.5. The topological polar surface area (TPSA) is 68.2 Å². The van der Waals surface area contributed by atoms with Crippen molar-refractivity contribution in [3.8, 4) is 6.07 Å². The van der Waals surface area contributed by atoms with Crippen molar-refractivity contribution in [2.75, 3.05) is 27.2 Å². The Morgan fingerprint density at radius 3 is 2.67 bits per heavy atom. The summed E-state index contributed by atoms with van der Waals surface area (Å²) in [5.41, 5.74) is 0.153. The number of hydrogen-bond acceptors (Lipinski definition) is 4. The van der Waals surface area contributed by atoms with Gasteiger partial charge in [-0.25, -0.2) is 0 Å². The van der Waals surface area contributed by atoms with Crippen LogP contribution in [0.5, 0.6) is 0 Å². The van der Waals surface area contributed by atoms with Gasteiger partial charge in [-0.15, -0.1) is 0 Å².